The monoisotopic (exact) mass is 488 g/mol. The van der Waals surface area contributed by atoms with Crippen molar-refractivity contribution in [1.82, 2.24) is 9.80 Å². The molecule has 1 saturated heterocycles. The molecule has 188 valence electrons. The average molecular weight is 489 g/mol. The Labute approximate surface area is 203 Å². The fraction of sp³-hybridized carbons (Fsp3) is 0.481. The highest BCUT2D eigenvalue weighted by molar-refractivity contribution is 5.95. The third kappa shape index (κ3) is 5.63. The predicted octanol–water partition coefficient (Wildman–Crippen LogP) is 5.19. The number of halogens is 3. The molecular weight excluding hydrogens is 457 g/mol. The number of ether oxygens (including phenoxy) is 1. The number of piperidine rings is 1. The van der Waals surface area contributed by atoms with E-state index in [-0.39, 0.29) is 18.0 Å². The van der Waals surface area contributed by atoms with E-state index in [0.717, 1.165) is 42.7 Å². The summed E-state index contributed by atoms with van der Waals surface area (Å²) in [6.07, 6.45) is -0.0924. The van der Waals surface area contributed by atoms with E-state index in [4.69, 9.17) is 4.74 Å². The zero-order valence-corrected chi connectivity index (χ0v) is 19.9. The molecule has 0 radical (unpaired) electrons. The highest BCUT2D eigenvalue weighted by atomic mass is 19.4. The maximum Gasteiger partial charge on any atom is 0.416 e. The van der Waals surface area contributed by atoms with Crippen LogP contribution >= 0.6 is 0 Å². The SMILES string of the molecule is CN1CCOc2ccccc2CCCCC2(CCCN(C(=O)c3cccc(C(F)(F)F)c3)C2)C1=O. The summed E-state index contributed by atoms with van der Waals surface area (Å²) >= 11 is 0. The van der Waals surface area contributed by atoms with Gasteiger partial charge in [-0.15, -0.1) is 0 Å². The van der Waals surface area contributed by atoms with Crippen LogP contribution in [0.25, 0.3) is 0 Å². The second kappa shape index (κ2) is 10.3. The lowest BCUT2D eigenvalue weighted by molar-refractivity contribution is -0.144. The lowest BCUT2D eigenvalue weighted by atomic mass is 9.74. The van der Waals surface area contributed by atoms with Gasteiger partial charge in [0.2, 0.25) is 5.91 Å². The van der Waals surface area contributed by atoms with Gasteiger partial charge in [0.1, 0.15) is 12.4 Å². The second-order valence-electron chi connectivity index (χ2n) is 9.58. The smallest absolute Gasteiger partial charge is 0.416 e. The normalized spacial score (nSPS) is 22.1. The number of para-hydroxylation sites is 1. The molecule has 1 fully saturated rings. The molecular formula is C27H31F3N2O3. The molecule has 0 aliphatic carbocycles. The summed E-state index contributed by atoms with van der Waals surface area (Å²) in [4.78, 5) is 30.1. The standard InChI is InChI=1S/C27H31F3N2O3/c1-31-16-17-35-23-12-3-2-8-20(23)9-4-5-13-26(25(31)34)14-7-15-32(19-26)24(33)21-10-6-11-22(18-21)27(28,29)30/h2-3,6,8,10-12,18H,4-5,7,9,13-17,19H2,1H3. The van der Waals surface area contributed by atoms with Gasteiger partial charge in [-0.2, -0.15) is 13.2 Å². The third-order valence-electron chi connectivity index (χ3n) is 7.11. The Morgan fingerprint density at radius 2 is 1.77 bits per heavy atom. The summed E-state index contributed by atoms with van der Waals surface area (Å²) in [5.41, 5.74) is -0.461. The molecule has 2 aliphatic rings. The highest BCUT2D eigenvalue weighted by Crippen LogP contribution is 2.38. The van der Waals surface area contributed by atoms with Crippen LogP contribution < -0.4 is 4.74 Å². The molecule has 5 nitrogen and oxygen atoms in total. The fourth-order valence-electron chi connectivity index (χ4n) is 5.23. The van der Waals surface area contributed by atoms with Gasteiger partial charge in [0, 0.05) is 25.7 Å². The Kier molecular flexibility index (Phi) is 7.38. The van der Waals surface area contributed by atoms with Crippen molar-refractivity contribution >= 4 is 11.8 Å². The first-order valence-corrected chi connectivity index (χ1v) is 12.1. The molecule has 8 heteroatoms. The maximum atomic E-state index is 13.7. The zero-order chi connectivity index (χ0) is 25.1. The largest absolute Gasteiger partial charge is 0.491 e. The first kappa shape index (κ1) is 25.1. The number of aryl methyl sites for hydroxylation is 1. The minimum Gasteiger partial charge on any atom is -0.491 e. The molecule has 0 N–H and O–H groups in total. The molecule has 1 spiro atoms. The summed E-state index contributed by atoms with van der Waals surface area (Å²) in [7, 11) is 1.75. The van der Waals surface area contributed by atoms with Crippen LogP contribution in [0, 0.1) is 5.41 Å². The van der Waals surface area contributed by atoms with E-state index < -0.39 is 23.1 Å². The van der Waals surface area contributed by atoms with E-state index >= 15 is 0 Å². The van der Waals surface area contributed by atoms with Crippen LogP contribution in [0.1, 0.15) is 53.6 Å². The summed E-state index contributed by atoms with van der Waals surface area (Å²) in [6, 6.07) is 12.4. The fourth-order valence-corrected chi connectivity index (χ4v) is 5.23. The van der Waals surface area contributed by atoms with E-state index in [1.807, 2.05) is 18.2 Å². The topological polar surface area (TPSA) is 49.9 Å². The number of likely N-dealkylation sites (tertiary alicyclic amines) is 1. The number of alkyl halides is 3. The Morgan fingerprint density at radius 3 is 2.57 bits per heavy atom. The second-order valence-corrected chi connectivity index (χ2v) is 9.58. The predicted molar refractivity (Wildman–Crippen MR) is 126 cm³/mol. The maximum absolute atomic E-state index is 13.7. The first-order chi connectivity index (χ1) is 16.7. The van der Waals surface area contributed by atoms with E-state index in [0.29, 0.717) is 39.0 Å². The highest BCUT2D eigenvalue weighted by Gasteiger charge is 2.44. The molecule has 2 aliphatic heterocycles. The molecule has 0 aromatic heterocycles. The molecule has 2 amide bonds. The number of likely N-dealkylation sites (N-methyl/N-ethyl adjacent to an activating group) is 1. The number of hydrogen-bond acceptors (Lipinski definition) is 3. The number of rotatable bonds is 1. The Balaban J connectivity index is 1.55. The number of fused-ring (bicyclic) bond motifs is 1. The molecule has 0 saturated carbocycles. The number of carbonyl (C=O) groups excluding carboxylic acids is 2. The van der Waals surface area contributed by atoms with Crippen LogP contribution in [0.4, 0.5) is 13.2 Å². The molecule has 35 heavy (non-hydrogen) atoms. The van der Waals surface area contributed by atoms with Crippen LogP contribution in [-0.2, 0) is 17.4 Å². The summed E-state index contributed by atoms with van der Waals surface area (Å²) in [6.45, 7) is 1.41. The number of carbonyl (C=O) groups is 2. The minimum absolute atomic E-state index is 0.00385. The lowest BCUT2D eigenvalue weighted by Gasteiger charge is -2.44. The molecule has 1 atom stereocenters. The van der Waals surface area contributed by atoms with Gasteiger partial charge in [0.05, 0.1) is 17.5 Å². The van der Waals surface area contributed by atoms with Crippen LogP contribution in [0.5, 0.6) is 5.75 Å². The van der Waals surface area contributed by atoms with Gasteiger partial charge in [-0.1, -0.05) is 30.7 Å². The van der Waals surface area contributed by atoms with E-state index in [1.54, 1.807) is 16.8 Å². The van der Waals surface area contributed by atoms with E-state index in [1.165, 1.54) is 12.1 Å². The van der Waals surface area contributed by atoms with Crippen molar-refractivity contribution in [3.05, 3.63) is 65.2 Å². The van der Waals surface area contributed by atoms with E-state index in [2.05, 4.69) is 6.07 Å². The summed E-state index contributed by atoms with van der Waals surface area (Å²) in [5.74, 6) is 0.352. The van der Waals surface area contributed by atoms with Crippen molar-refractivity contribution in [1.29, 1.82) is 0 Å². The Hall–Kier alpha value is -3.03. The molecule has 2 heterocycles. The Bertz CT molecular complexity index is 1070. The van der Waals surface area contributed by atoms with Crippen LogP contribution in [0.15, 0.2) is 48.5 Å². The Morgan fingerprint density at radius 1 is 1.00 bits per heavy atom. The van der Waals surface area contributed by atoms with Crippen molar-refractivity contribution in [3.63, 3.8) is 0 Å². The summed E-state index contributed by atoms with van der Waals surface area (Å²) in [5, 5.41) is 0. The molecule has 2 aromatic carbocycles. The third-order valence-corrected chi connectivity index (χ3v) is 7.11. The molecule has 4 rings (SSSR count). The molecule has 0 bridgehead atoms. The zero-order valence-electron chi connectivity index (χ0n) is 19.9. The average Bonchev–Trinajstić information content (AvgIpc) is 2.85. The van der Waals surface area contributed by atoms with Crippen molar-refractivity contribution < 1.29 is 27.5 Å². The van der Waals surface area contributed by atoms with Gasteiger partial charge in [-0.05, 0) is 61.9 Å². The number of hydrogen-bond donors (Lipinski definition) is 0. The lowest BCUT2D eigenvalue weighted by Crippen LogP contribution is -2.54. The van der Waals surface area contributed by atoms with Crippen molar-refractivity contribution in [2.45, 2.75) is 44.7 Å². The van der Waals surface area contributed by atoms with Crippen LogP contribution in [0.3, 0.4) is 0 Å². The quantitative estimate of drug-likeness (QED) is 0.555. The van der Waals surface area contributed by atoms with Gasteiger partial charge in [-0.3, -0.25) is 9.59 Å². The minimum atomic E-state index is -4.52. The number of amides is 2. The first-order valence-electron chi connectivity index (χ1n) is 12.1. The van der Waals surface area contributed by atoms with Crippen molar-refractivity contribution in [3.8, 4) is 5.75 Å². The van der Waals surface area contributed by atoms with Gasteiger partial charge in [0.25, 0.3) is 5.91 Å². The summed E-state index contributed by atoms with van der Waals surface area (Å²) < 4.78 is 45.5. The molecule has 1 unspecified atom stereocenters. The van der Waals surface area contributed by atoms with Gasteiger partial charge >= 0.3 is 6.18 Å². The van der Waals surface area contributed by atoms with Gasteiger partial charge < -0.3 is 14.5 Å². The van der Waals surface area contributed by atoms with Crippen molar-refractivity contribution in [2.24, 2.45) is 5.41 Å². The van der Waals surface area contributed by atoms with Crippen LogP contribution in [0.2, 0.25) is 0 Å². The molecule has 2 aromatic rings. The van der Waals surface area contributed by atoms with E-state index in [9.17, 15) is 22.8 Å². The van der Waals surface area contributed by atoms with Crippen molar-refractivity contribution in [2.75, 3.05) is 33.3 Å². The number of nitrogens with zero attached hydrogens (tertiary/aromatic N) is 2. The van der Waals surface area contributed by atoms with Gasteiger partial charge in [-0.25, -0.2) is 0 Å². The number of benzene rings is 2. The van der Waals surface area contributed by atoms with Crippen LogP contribution in [-0.4, -0.2) is 54.9 Å². The van der Waals surface area contributed by atoms with Gasteiger partial charge in [0.15, 0.2) is 0 Å².